The molecule has 0 bridgehead atoms. The number of hydrogen-bond acceptors (Lipinski definition) is 2. The van der Waals surface area contributed by atoms with Crippen LogP contribution in [0.15, 0.2) is 36.9 Å². The molecule has 1 aliphatic carbocycles. The SMILES string of the molecule is C=CCC1(C(=O)N2CCC(C(=O)Nc3ccc(F)cc3)CC2)CCC1. The molecule has 2 fully saturated rings. The van der Waals surface area contributed by atoms with Crippen LogP contribution in [-0.2, 0) is 9.59 Å². The second-order valence-electron chi connectivity index (χ2n) is 7.19. The highest BCUT2D eigenvalue weighted by molar-refractivity contribution is 5.92. The van der Waals surface area contributed by atoms with Gasteiger partial charge in [-0.05, 0) is 56.4 Å². The Kier molecular flexibility index (Phi) is 5.21. The van der Waals surface area contributed by atoms with Crippen LogP contribution in [0.5, 0.6) is 0 Å². The molecule has 0 aromatic heterocycles. The standard InChI is InChI=1S/C20H25FN2O2/c1-2-10-20(11-3-12-20)19(25)23-13-8-15(9-14-23)18(24)22-17-6-4-16(21)5-7-17/h2,4-7,15H,1,3,8-14H2,(H,22,24). The van der Waals surface area contributed by atoms with Crippen LogP contribution in [0.3, 0.4) is 0 Å². The Bertz CT molecular complexity index is 644. The van der Waals surface area contributed by atoms with Gasteiger partial charge in [-0.2, -0.15) is 0 Å². The number of carbonyl (C=O) groups excluding carboxylic acids is 2. The molecule has 1 saturated heterocycles. The first-order chi connectivity index (χ1) is 12.0. The zero-order valence-corrected chi connectivity index (χ0v) is 14.5. The zero-order valence-electron chi connectivity index (χ0n) is 14.5. The van der Waals surface area contributed by atoms with Gasteiger partial charge < -0.3 is 10.2 Å². The van der Waals surface area contributed by atoms with Crippen LogP contribution in [0, 0.1) is 17.2 Å². The summed E-state index contributed by atoms with van der Waals surface area (Å²) in [6.07, 6.45) is 6.93. The Labute approximate surface area is 148 Å². The first-order valence-corrected chi connectivity index (χ1v) is 9.01. The van der Waals surface area contributed by atoms with Crippen molar-refractivity contribution >= 4 is 17.5 Å². The van der Waals surface area contributed by atoms with Gasteiger partial charge in [0.2, 0.25) is 11.8 Å². The zero-order chi connectivity index (χ0) is 17.9. The van der Waals surface area contributed by atoms with E-state index in [-0.39, 0.29) is 29.0 Å². The van der Waals surface area contributed by atoms with E-state index in [2.05, 4.69) is 11.9 Å². The Morgan fingerprint density at radius 3 is 2.40 bits per heavy atom. The van der Waals surface area contributed by atoms with E-state index in [1.165, 1.54) is 12.1 Å². The molecule has 1 aromatic carbocycles. The van der Waals surface area contributed by atoms with E-state index >= 15 is 0 Å². The Morgan fingerprint density at radius 1 is 1.24 bits per heavy atom. The van der Waals surface area contributed by atoms with Gasteiger partial charge >= 0.3 is 0 Å². The number of anilines is 1. The number of piperidine rings is 1. The van der Waals surface area contributed by atoms with Crippen LogP contribution >= 0.6 is 0 Å². The van der Waals surface area contributed by atoms with Gasteiger partial charge in [0.15, 0.2) is 0 Å². The number of carbonyl (C=O) groups is 2. The smallest absolute Gasteiger partial charge is 0.229 e. The lowest BCUT2D eigenvalue weighted by Gasteiger charge is -2.44. The molecular weight excluding hydrogens is 319 g/mol. The van der Waals surface area contributed by atoms with Gasteiger partial charge in [0.1, 0.15) is 5.82 Å². The van der Waals surface area contributed by atoms with Crippen LogP contribution < -0.4 is 5.32 Å². The summed E-state index contributed by atoms with van der Waals surface area (Å²) in [6, 6.07) is 5.77. The molecule has 2 aliphatic rings. The molecule has 1 saturated carbocycles. The number of allylic oxidation sites excluding steroid dienone is 1. The summed E-state index contributed by atoms with van der Waals surface area (Å²) < 4.78 is 12.9. The topological polar surface area (TPSA) is 49.4 Å². The van der Waals surface area contributed by atoms with Gasteiger partial charge in [-0.1, -0.05) is 12.5 Å². The number of halogens is 1. The van der Waals surface area contributed by atoms with Crippen molar-refractivity contribution in [2.75, 3.05) is 18.4 Å². The first-order valence-electron chi connectivity index (χ1n) is 9.01. The van der Waals surface area contributed by atoms with E-state index in [0.29, 0.717) is 31.6 Å². The minimum Gasteiger partial charge on any atom is -0.342 e. The number of benzene rings is 1. The van der Waals surface area contributed by atoms with E-state index in [1.54, 1.807) is 12.1 Å². The number of likely N-dealkylation sites (tertiary alicyclic amines) is 1. The van der Waals surface area contributed by atoms with Crippen molar-refractivity contribution in [3.63, 3.8) is 0 Å². The Hall–Kier alpha value is -2.17. The molecule has 1 aromatic rings. The summed E-state index contributed by atoms with van der Waals surface area (Å²) in [5, 5.41) is 2.83. The van der Waals surface area contributed by atoms with E-state index in [9.17, 15) is 14.0 Å². The summed E-state index contributed by atoms with van der Waals surface area (Å²) in [7, 11) is 0. The van der Waals surface area contributed by atoms with Crippen LogP contribution in [0.2, 0.25) is 0 Å². The fourth-order valence-corrected chi connectivity index (χ4v) is 3.84. The minimum absolute atomic E-state index is 0.0526. The molecule has 1 aliphatic heterocycles. The van der Waals surface area contributed by atoms with Gasteiger partial charge in [-0.3, -0.25) is 9.59 Å². The van der Waals surface area contributed by atoms with Gasteiger partial charge in [0.25, 0.3) is 0 Å². The lowest BCUT2D eigenvalue weighted by molar-refractivity contribution is -0.149. The third-order valence-electron chi connectivity index (χ3n) is 5.56. The highest BCUT2D eigenvalue weighted by atomic mass is 19.1. The van der Waals surface area contributed by atoms with E-state index in [0.717, 1.165) is 25.7 Å². The fourth-order valence-electron chi connectivity index (χ4n) is 3.84. The monoisotopic (exact) mass is 344 g/mol. The predicted octanol–water partition coefficient (Wildman–Crippen LogP) is 3.75. The molecule has 1 N–H and O–H groups in total. The Balaban J connectivity index is 1.52. The number of nitrogens with one attached hydrogen (secondary N) is 1. The molecule has 0 radical (unpaired) electrons. The van der Waals surface area contributed by atoms with Crippen molar-refractivity contribution in [2.45, 2.75) is 38.5 Å². The van der Waals surface area contributed by atoms with Crippen molar-refractivity contribution in [3.8, 4) is 0 Å². The van der Waals surface area contributed by atoms with Crippen molar-refractivity contribution in [1.29, 1.82) is 0 Å². The molecule has 0 atom stereocenters. The van der Waals surface area contributed by atoms with E-state index in [1.807, 2.05) is 11.0 Å². The molecule has 134 valence electrons. The molecule has 0 unspecified atom stereocenters. The fraction of sp³-hybridized carbons (Fsp3) is 0.500. The lowest BCUT2D eigenvalue weighted by Crippen LogP contribution is -2.51. The largest absolute Gasteiger partial charge is 0.342 e. The van der Waals surface area contributed by atoms with Gasteiger partial charge in [0.05, 0.1) is 5.41 Å². The van der Waals surface area contributed by atoms with Crippen LogP contribution in [-0.4, -0.2) is 29.8 Å². The normalized spacial score (nSPS) is 19.8. The number of hydrogen-bond donors (Lipinski definition) is 1. The second kappa shape index (κ2) is 7.38. The van der Waals surface area contributed by atoms with E-state index < -0.39 is 0 Å². The van der Waals surface area contributed by atoms with E-state index in [4.69, 9.17) is 0 Å². The minimum atomic E-state index is -0.325. The van der Waals surface area contributed by atoms with Crippen LogP contribution in [0.25, 0.3) is 0 Å². The summed E-state index contributed by atoms with van der Waals surface area (Å²) in [5.41, 5.74) is 0.370. The maximum atomic E-state index is 12.9. The van der Waals surface area contributed by atoms with Crippen molar-refractivity contribution in [3.05, 3.63) is 42.7 Å². The number of nitrogens with zero attached hydrogens (tertiary/aromatic N) is 1. The first kappa shape index (κ1) is 17.6. The third kappa shape index (κ3) is 3.75. The van der Waals surface area contributed by atoms with Crippen LogP contribution in [0.1, 0.15) is 38.5 Å². The predicted molar refractivity (Wildman–Crippen MR) is 95.4 cm³/mol. The molecule has 5 heteroatoms. The second-order valence-corrected chi connectivity index (χ2v) is 7.19. The molecule has 1 heterocycles. The molecule has 25 heavy (non-hydrogen) atoms. The lowest BCUT2D eigenvalue weighted by atomic mass is 9.65. The molecular formula is C20H25FN2O2. The number of rotatable bonds is 5. The molecule has 0 spiro atoms. The summed E-state index contributed by atoms with van der Waals surface area (Å²) in [4.78, 5) is 27.1. The van der Waals surface area contributed by atoms with Crippen LogP contribution in [0.4, 0.5) is 10.1 Å². The summed E-state index contributed by atoms with van der Waals surface area (Å²) in [6.45, 7) is 5.04. The van der Waals surface area contributed by atoms with Crippen molar-refractivity contribution in [1.82, 2.24) is 4.90 Å². The molecule has 2 amide bonds. The molecule has 4 nitrogen and oxygen atoms in total. The summed E-state index contributed by atoms with van der Waals surface area (Å²) in [5.74, 6) is -0.251. The Morgan fingerprint density at radius 2 is 1.88 bits per heavy atom. The summed E-state index contributed by atoms with van der Waals surface area (Å²) >= 11 is 0. The molecule has 3 rings (SSSR count). The maximum Gasteiger partial charge on any atom is 0.229 e. The third-order valence-corrected chi connectivity index (χ3v) is 5.56. The van der Waals surface area contributed by atoms with Gasteiger partial charge in [-0.15, -0.1) is 6.58 Å². The quantitative estimate of drug-likeness (QED) is 0.827. The number of amides is 2. The van der Waals surface area contributed by atoms with Gasteiger partial charge in [0, 0.05) is 24.7 Å². The highest BCUT2D eigenvalue weighted by Gasteiger charge is 2.45. The average molecular weight is 344 g/mol. The van der Waals surface area contributed by atoms with Gasteiger partial charge in [-0.25, -0.2) is 4.39 Å². The highest BCUT2D eigenvalue weighted by Crippen LogP contribution is 2.46. The maximum absolute atomic E-state index is 12.9. The average Bonchev–Trinajstić information content (AvgIpc) is 2.59. The van der Waals surface area contributed by atoms with Crippen molar-refractivity contribution < 1.29 is 14.0 Å². The van der Waals surface area contributed by atoms with Crippen molar-refractivity contribution in [2.24, 2.45) is 11.3 Å².